The van der Waals surface area contributed by atoms with Gasteiger partial charge in [0.05, 0.1) is 0 Å². The Morgan fingerprint density at radius 3 is 2.69 bits per heavy atom. The van der Waals surface area contributed by atoms with E-state index in [9.17, 15) is 4.79 Å². The number of carbonyl (C=O) groups is 1. The Morgan fingerprint density at radius 2 is 2.06 bits per heavy atom. The van der Waals surface area contributed by atoms with Crippen molar-refractivity contribution in [1.82, 2.24) is 15.2 Å². The molecule has 0 saturated heterocycles. The Bertz CT molecular complexity index is 322. The van der Waals surface area contributed by atoms with Gasteiger partial charge in [-0.1, -0.05) is 32.6 Å². The molecule has 0 atom stereocenters. The monoisotopic (exact) mass is 224 g/mol. The van der Waals surface area contributed by atoms with Crippen LogP contribution in [-0.2, 0) is 4.79 Å². The van der Waals surface area contributed by atoms with E-state index in [0.29, 0.717) is 18.2 Å². The largest absolute Gasteiger partial charge is 0.293 e. The minimum Gasteiger partial charge on any atom is -0.293 e. The molecule has 0 radical (unpaired) electrons. The molecule has 0 aromatic carbocycles. The van der Waals surface area contributed by atoms with Crippen molar-refractivity contribution >= 4 is 11.9 Å². The van der Waals surface area contributed by atoms with Gasteiger partial charge >= 0.3 is 0 Å². The average Bonchev–Trinajstić information content (AvgIpc) is 2.63. The zero-order valence-electron chi connectivity index (χ0n) is 10.0. The third kappa shape index (κ3) is 4.91. The minimum atomic E-state index is -0.00417. The first-order valence-electron chi connectivity index (χ1n) is 5.91. The predicted octanol–water partition coefficient (Wildman–Crippen LogP) is 2.41. The Labute approximate surface area is 96.0 Å². The number of aromatic nitrogens is 3. The second-order valence-electron chi connectivity index (χ2n) is 3.96. The van der Waals surface area contributed by atoms with E-state index in [1.165, 1.54) is 19.3 Å². The van der Waals surface area contributed by atoms with Crippen LogP contribution in [0.25, 0.3) is 0 Å². The molecule has 1 heterocycles. The normalized spacial score (nSPS) is 10.4. The lowest BCUT2D eigenvalue weighted by molar-refractivity contribution is -0.116. The van der Waals surface area contributed by atoms with Gasteiger partial charge in [-0.25, -0.2) is 0 Å². The number of anilines is 1. The first kappa shape index (κ1) is 12.7. The van der Waals surface area contributed by atoms with Gasteiger partial charge in [-0.3, -0.25) is 15.2 Å². The van der Waals surface area contributed by atoms with Gasteiger partial charge in [-0.15, -0.1) is 5.10 Å². The van der Waals surface area contributed by atoms with Crippen molar-refractivity contribution in [2.75, 3.05) is 5.32 Å². The molecule has 1 amide bonds. The summed E-state index contributed by atoms with van der Waals surface area (Å²) in [4.78, 5) is 15.5. The third-order valence-electron chi connectivity index (χ3n) is 2.36. The average molecular weight is 224 g/mol. The molecule has 0 unspecified atom stereocenters. The summed E-state index contributed by atoms with van der Waals surface area (Å²) in [6.45, 7) is 3.98. The molecule has 5 heteroatoms. The zero-order chi connectivity index (χ0) is 11.8. The number of unbranched alkanes of at least 4 members (excludes halogenated alkanes) is 4. The van der Waals surface area contributed by atoms with E-state index in [0.717, 1.165) is 12.8 Å². The van der Waals surface area contributed by atoms with E-state index < -0.39 is 0 Å². The molecule has 0 aliphatic heterocycles. The maximum atomic E-state index is 11.4. The molecular weight excluding hydrogens is 204 g/mol. The van der Waals surface area contributed by atoms with E-state index in [2.05, 4.69) is 27.4 Å². The second kappa shape index (κ2) is 6.98. The van der Waals surface area contributed by atoms with E-state index >= 15 is 0 Å². The van der Waals surface area contributed by atoms with Gasteiger partial charge in [0, 0.05) is 6.42 Å². The highest BCUT2D eigenvalue weighted by atomic mass is 16.1. The first-order valence-corrected chi connectivity index (χ1v) is 5.91. The van der Waals surface area contributed by atoms with Crippen LogP contribution in [0.4, 0.5) is 5.95 Å². The number of H-pyrrole nitrogens is 1. The van der Waals surface area contributed by atoms with E-state index in [1.54, 1.807) is 6.92 Å². The second-order valence-corrected chi connectivity index (χ2v) is 3.96. The molecule has 0 saturated carbocycles. The minimum absolute atomic E-state index is 0.00417. The summed E-state index contributed by atoms with van der Waals surface area (Å²) >= 11 is 0. The Hall–Kier alpha value is -1.39. The summed E-state index contributed by atoms with van der Waals surface area (Å²) in [6, 6.07) is 0. The van der Waals surface area contributed by atoms with Gasteiger partial charge in [0.15, 0.2) is 0 Å². The number of aromatic amines is 1. The zero-order valence-corrected chi connectivity index (χ0v) is 10.0. The molecule has 0 fully saturated rings. The maximum absolute atomic E-state index is 11.4. The lowest BCUT2D eigenvalue weighted by Crippen LogP contribution is -2.12. The number of carbonyl (C=O) groups excluding carboxylic acids is 1. The Balaban J connectivity index is 2.11. The van der Waals surface area contributed by atoms with Gasteiger partial charge in [-0.2, -0.15) is 4.98 Å². The van der Waals surface area contributed by atoms with Crippen molar-refractivity contribution < 1.29 is 4.79 Å². The van der Waals surface area contributed by atoms with Crippen molar-refractivity contribution in [3.8, 4) is 0 Å². The molecule has 0 aliphatic rings. The molecule has 2 N–H and O–H groups in total. The fraction of sp³-hybridized carbons (Fsp3) is 0.727. The molecule has 0 aliphatic carbocycles. The van der Waals surface area contributed by atoms with Crippen LogP contribution in [0.2, 0.25) is 0 Å². The number of rotatable bonds is 7. The van der Waals surface area contributed by atoms with Gasteiger partial charge in [0.1, 0.15) is 5.82 Å². The molecule has 0 spiro atoms. The molecule has 0 bridgehead atoms. The van der Waals surface area contributed by atoms with Crippen LogP contribution in [0.15, 0.2) is 0 Å². The van der Waals surface area contributed by atoms with Crippen LogP contribution < -0.4 is 5.32 Å². The number of nitrogens with zero attached hydrogens (tertiary/aromatic N) is 2. The number of nitrogens with one attached hydrogen (secondary N) is 2. The molecule has 1 aromatic heterocycles. The summed E-state index contributed by atoms with van der Waals surface area (Å²) in [5, 5.41) is 9.19. The molecular formula is C11H20N4O. The van der Waals surface area contributed by atoms with Crippen molar-refractivity contribution in [3.63, 3.8) is 0 Å². The standard InChI is InChI=1S/C11H20N4O/c1-3-4-5-6-7-8-10(16)13-11-12-9(2)14-15-11/h3-8H2,1-2H3,(H2,12,13,14,15,16). The van der Waals surface area contributed by atoms with E-state index in [4.69, 9.17) is 0 Å². The Morgan fingerprint density at radius 1 is 1.31 bits per heavy atom. The topological polar surface area (TPSA) is 70.7 Å². The maximum Gasteiger partial charge on any atom is 0.248 e. The predicted molar refractivity (Wildman–Crippen MR) is 63.1 cm³/mol. The summed E-state index contributed by atoms with van der Waals surface area (Å²) in [5.74, 6) is 1.07. The number of amides is 1. The summed E-state index contributed by atoms with van der Waals surface area (Å²) in [5.41, 5.74) is 0. The highest BCUT2D eigenvalue weighted by molar-refractivity contribution is 5.88. The van der Waals surface area contributed by atoms with Gasteiger partial charge in [-0.05, 0) is 13.3 Å². The van der Waals surface area contributed by atoms with Gasteiger partial charge in [0.25, 0.3) is 0 Å². The molecule has 1 rings (SSSR count). The molecule has 16 heavy (non-hydrogen) atoms. The summed E-state index contributed by atoms with van der Waals surface area (Å²) in [6.07, 6.45) is 6.30. The quantitative estimate of drug-likeness (QED) is 0.699. The summed E-state index contributed by atoms with van der Waals surface area (Å²) < 4.78 is 0. The van der Waals surface area contributed by atoms with Crippen LogP contribution in [-0.4, -0.2) is 21.1 Å². The van der Waals surface area contributed by atoms with Gasteiger partial charge in [0.2, 0.25) is 11.9 Å². The van der Waals surface area contributed by atoms with Crippen LogP contribution in [0.5, 0.6) is 0 Å². The SMILES string of the molecule is CCCCCCCC(=O)Nc1n[nH]c(C)n1. The summed E-state index contributed by atoms with van der Waals surface area (Å²) in [7, 11) is 0. The van der Waals surface area contributed by atoms with E-state index in [1.807, 2.05) is 0 Å². The van der Waals surface area contributed by atoms with Crippen molar-refractivity contribution in [2.45, 2.75) is 52.4 Å². The fourth-order valence-corrected chi connectivity index (χ4v) is 1.47. The number of hydrogen-bond acceptors (Lipinski definition) is 3. The van der Waals surface area contributed by atoms with Crippen LogP contribution in [0.1, 0.15) is 51.3 Å². The fourth-order valence-electron chi connectivity index (χ4n) is 1.47. The highest BCUT2D eigenvalue weighted by Crippen LogP contribution is 2.06. The van der Waals surface area contributed by atoms with Crippen LogP contribution in [0.3, 0.4) is 0 Å². The lowest BCUT2D eigenvalue weighted by Gasteiger charge is -2.00. The molecule has 5 nitrogen and oxygen atoms in total. The molecule has 1 aromatic rings. The van der Waals surface area contributed by atoms with Gasteiger partial charge < -0.3 is 0 Å². The van der Waals surface area contributed by atoms with Crippen LogP contribution in [0, 0.1) is 6.92 Å². The van der Waals surface area contributed by atoms with Crippen molar-refractivity contribution in [3.05, 3.63) is 5.82 Å². The highest BCUT2D eigenvalue weighted by Gasteiger charge is 2.05. The van der Waals surface area contributed by atoms with Crippen LogP contribution >= 0.6 is 0 Å². The number of hydrogen-bond donors (Lipinski definition) is 2. The van der Waals surface area contributed by atoms with Crippen molar-refractivity contribution in [2.24, 2.45) is 0 Å². The van der Waals surface area contributed by atoms with Crippen molar-refractivity contribution in [1.29, 1.82) is 0 Å². The number of aryl methyl sites for hydroxylation is 1. The Kier molecular flexibility index (Phi) is 5.53. The first-order chi connectivity index (χ1) is 7.72. The smallest absolute Gasteiger partial charge is 0.248 e. The van der Waals surface area contributed by atoms with E-state index in [-0.39, 0.29) is 5.91 Å². The third-order valence-corrected chi connectivity index (χ3v) is 2.36. The lowest BCUT2D eigenvalue weighted by atomic mass is 10.1. The molecule has 90 valence electrons.